The van der Waals surface area contributed by atoms with Crippen molar-refractivity contribution in [3.63, 3.8) is 0 Å². The number of benzene rings is 9. The van der Waals surface area contributed by atoms with Crippen molar-refractivity contribution >= 4 is 32.6 Å². The quantitative estimate of drug-likeness (QED) is 0.162. The van der Waals surface area contributed by atoms with Gasteiger partial charge in [0.1, 0.15) is 0 Å². The standard InChI is InChI=1S/C56H37N3/c1-3-15-38(16-4-1)42-19-13-21-44(35-42)52-37-53(58-56(57-52)41-17-5-2-6-18-41)49-34-33-46(47-23-7-8-24-48(47)49)40-31-29-39(30-32-40)43-20-14-22-45(36-43)59-54-27-11-9-25-50(54)51-26-10-12-28-55(51)59/h1-37H. The van der Waals surface area contributed by atoms with Gasteiger partial charge in [0.2, 0.25) is 0 Å². The third-order valence-electron chi connectivity index (χ3n) is 11.4. The highest BCUT2D eigenvalue weighted by molar-refractivity contribution is 6.09. The van der Waals surface area contributed by atoms with Gasteiger partial charge in [0.15, 0.2) is 5.82 Å². The van der Waals surface area contributed by atoms with Crippen molar-refractivity contribution in [2.75, 3.05) is 0 Å². The lowest BCUT2D eigenvalue weighted by atomic mass is 9.92. The number of hydrogen-bond acceptors (Lipinski definition) is 2. The molecule has 0 atom stereocenters. The first kappa shape index (κ1) is 34.4. The Balaban J connectivity index is 0.977. The van der Waals surface area contributed by atoms with Crippen molar-refractivity contribution in [1.82, 2.24) is 14.5 Å². The Labute approximate surface area is 343 Å². The van der Waals surface area contributed by atoms with Gasteiger partial charge in [-0.1, -0.05) is 188 Å². The van der Waals surface area contributed by atoms with E-state index in [1.54, 1.807) is 0 Å². The first-order chi connectivity index (χ1) is 29.2. The average molecular weight is 752 g/mol. The number of fused-ring (bicyclic) bond motifs is 4. The normalized spacial score (nSPS) is 11.4. The summed E-state index contributed by atoms with van der Waals surface area (Å²) >= 11 is 0. The van der Waals surface area contributed by atoms with E-state index < -0.39 is 0 Å². The van der Waals surface area contributed by atoms with Crippen LogP contribution in [0.2, 0.25) is 0 Å². The second-order valence-corrected chi connectivity index (χ2v) is 15.0. The summed E-state index contributed by atoms with van der Waals surface area (Å²) in [7, 11) is 0. The van der Waals surface area contributed by atoms with E-state index in [0.717, 1.165) is 44.7 Å². The van der Waals surface area contributed by atoms with Crippen molar-refractivity contribution < 1.29 is 0 Å². The smallest absolute Gasteiger partial charge is 0.160 e. The first-order valence-corrected chi connectivity index (χ1v) is 20.1. The van der Waals surface area contributed by atoms with Gasteiger partial charge in [-0.25, -0.2) is 9.97 Å². The third kappa shape index (κ3) is 6.26. The Hall–Kier alpha value is -7.88. The molecule has 3 heteroatoms. The monoisotopic (exact) mass is 751 g/mol. The minimum atomic E-state index is 0.703. The summed E-state index contributed by atoms with van der Waals surface area (Å²) < 4.78 is 2.38. The molecule has 276 valence electrons. The maximum atomic E-state index is 5.22. The fourth-order valence-electron chi connectivity index (χ4n) is 8.58. The largest absolute Gasteiger partial charge is 0.309 e. The molecule has 0 saturated carbocycles. The van der Waals surface area contributed by atoms with E-state index in [1.807, 2.05) is 18.2 Å². The molecule has 0 bridgehead atoms. The fraction of sp³-hybridized carbons (Fsp3) is 0. The predicted molar refractivity (Wildman–Crippen MR) is 246 cm³/mol. The highest BCUT2D eigenvalue weighted by Crippen LogP contribution is 2.39. The predicted octanol–water partition coefficient (Wildman–Crippen LogP) is 14.7. The molecule has 11 rings (SSSR count). The molecule has 0 aliphatic rings. The third-order valence-corrected chi connectivity index (χ3v) is 11.4. The Kier molecular flexibility index (Phi) is 8.49. The van der Waals surface area contributed by atoms with E-state index in [9.17, 15) is 0 Å². The lowest BCUT2D eigenvalue weighted by Gasteiger charge is -2.15. The van der Waals surface area contributed by atoms with Gasteiger partial charge in [-0.2, -0.15) is 0 Å². The van der Waals surface area contributed by atoms with Crippen molar-refractivity contribution in [3.8, 4) is 73.0 Å². The highest BCUT2D eigenvalue weighted by atomic mass is 15.0. The first-order valence-electron chi connectivity index (χ1n) is 20.1. The Morgan fingerprint density at radius 3 is 1.44 bits per heavy atom. The zero-order valence-corrected chi connectivity index (χ0v) is 32.2. The average Bonchev–Trinajstić information content (AvgIpc) is 3.66. The summed E-state index contributed by atoms with van der Waals surface area (Å²) in [4.78, 5) is 10.4. The van der Waals surface area contributed by atoms with Crippen molar-refractivity contribution in [2.24, 2.45) is 0 Å². The Morgan fingerprint density at radius 2 is 0.746 bits per heavy atom. The molecule has 9 aromatic carbocycles. The van der Waals surface area contributed by atoms with Crippen LogP contribution in [0.5, 0.6) is 0 Å². The van der Waals surface area contributed by atoms with Crippen LogP contribution in [0.25, 0.3) is 106 Å². The van der Waals surface area contributed by atoms with Crippen molar-refractivity contribution in [2.45, 2.75) is 0 Å². The molecule has 0 radical (unpaired) electrons. The van der Waals surface area contributed by atoms with E-state index in [0.29, 0.717) is 5.82 Å². The van der Waals surface area contributed by atoms with E-state index in [4.69, 9.17) is 9.97 Å². The minimum Gasteiger partial charge on any atom is -0.309 e. The number of hydrogen-bond donors (Lipinski definition) is 0. The van der Waals surface area contributed by atoms with Gasteiger partial charge in [0.25, 0.3) is 0 Å². The van der Waals surface area contributed by atoms with Crippen LogP contribution in [-0.2, 0) is 0 Å². The van der Waals surface area contributed by atoms with Crippen LogP contribution in [0.1, 0.15) is 0 Å². The molecule has 0 fully saturated rings. The summed E-state index contributed by atoms with van der Waals surface area (Å²) in [6, 6.07) is 79.9. The topological polar surface area (TPSA) is 30.7 Å². The maximum absolute atomic E-state index is 5.22. The van der Waals surface area contributed by atoms with Crippen molar-refractivity contribution in [3.05, 3.63) is 224 Å². The summed E-state index contributed by atoms with van der Waals surface area (Å²) in [5.74, 6) is 0.703. The van der Waals surface area contributed by atoms with Gasteiger partial charge in [-0.05, 0) is 80.6 Å². The molecule has 0 unspecified atom stereocenters. The molecule has 2 aromatic heterocycles. The zero-order valence-electron chi connectivity index (χ0n) is 32.2. The summed E-state index contributed by atoms with van der Waals surface area (Å²) in [5.41, 5.74) is 15.5. The Bertz CT molecular complexity index is 3260. The summed E-state index contributed by atoms with van der Waals surface area (Å²) in [6.45, 7) is 0. The van der Waals surface area contributed by atoms with E-state index in [1.165, 1.54) is 55.0 Å². The molecule has 0 spiro atoms. The van der Waals surface area contributed by atoms with Gasteiger partial charge in [0, 0.05) is 33.2 Å². The molecule has 0 aliphatic heterocycles. The lowest BCUT2D eigenvalue weighted by Crippen LogP contribution is -1.97. The number of aromatic nitrogens is 3. The second-order valence-electron chi connectivity index (χ2n) is 15.0. The second kappa shape index (κ2) is 14.6. The SMILES string of the molecule is c1ccc(-c2cccc(-c3cc(-c4ccc(-c5ccc(-c6cccc(-n7c8ccccc8c8ccccc87)c6)cc5)c5ccccc45)nc(-c4ccccc4)n3)c2)cc1. The molecule has 3 nitrogen and oxygen atoms in total. The van der Waals surface area contributed by atoms with Gasteiger partial charge in [0.05, 0.1) is 22.4 Å². The van der Waals surface area contributed by atoms with Crippen LogP contribution in [0.3, 0.4) is 0 Å². The van der Waals surface area contributed by atoms with E-state index in [-0.39, 0.29) is 0 Å². The van der Waals surface area contributed by atoms with Crippen LogP contribution in [0.15, 0.2) is 224 Å². The minimum absolute atomic E-state index is 0.703. The lowest BCUT2D eigenvalue weighted by molar-refractivity contribution is 1.18. The molecule has 11 aromatic rings. The zero-order chi connectivity index (χ0) is 39.1. The van der Waals surface area contributed by atoms with Crippen LogP contribution in [-0.4, -0.2) is 14.5 Å². The van der Waals surface area contributed by atoms with Crippen LogP contribution < -0.4 is 0 Å². The highest BCUT2D eigenvalue weighted by Gasteiger charge is 2.16. The van der Waals surface area contributed by atoms with Gasteiger partial charge in [-0.3, -0.25) is 0 Å². The molecular formula is C56H37N3. The molecule has 0 N–H and O–H groups in total. The molecule has 2 heterocycles. The number of rotatable bonds is 7. The molecule has 59 heavy (non-hydrogen) atoms. The van der Waals surface area contributed by atoms with Crippen LogP contribution >= 0.6 is 0 Å². The van der Waals surface area contributed by atoms with Crippen LogP contribution in [0, 0.1) is 0 Å². The summed E-state index contributed by atoms with van der Waals surface area (Å²) in [6.07, 6.45) is 0. The summed E-state index contributed by atoms with van der Waals surface area (Å²) in [5, 5.41) is 4.86. The van der Waals surface area contributed by atoms with Gasteiger partial charge >= 0.3 is 0 Å². The number of para-hydroxylation sites is 2. The Morgan fingerprint density at radius 1 is 0.271 bits per heavy atom. The molecule has 0 aliphatic carbocycles. The van der Waals surface area contributed by atoms with Gasteiger partial charge in [-0.15, -0.1) is 0 Å². The van der Waals surface area contributed by atoms with E-state index >= 15 is 0 Å². The molecule has 0 amide bonds. The molecular weight excluding hydrogens is 715 g/mol. The fourth-order valence-corrected chi connectivity index (χ4v) is 8.58. The van der Waals surface area contributed by atoms with Gasteiger partial charge < -0.3 is 4.57 Å². The van der Waals surface area contributed by atoms with Crippen LogP contribution in [0.4, 0.5) is 0 Å². The maximum Gasteiger partial charge on any atom is 0.160 e. The van der Waals surface area contributed by atoms with E-state index in [2.05, 4.69) is 211 Å². The van der Waals surface area contributed by atoms with Crippen molar-refractivity contribution in [1.29, 1.82) is 0 Å². The number of nitrogens with zero attached hydrogens (tertiary/aromatic N) is 3. The molecule has 0 saturated heterocycles.